The fraction of sp³-hybridized carbons (Fsp3) is 0.139. The van der Waals surface area contributed by atoms with Gasteiger partial charge in [-0.25, -0.2) is 80.2 Å². The third-order valence-corrected chi connectivity index (χ3v) is 6.39. The highest BCUT2D eigenvalue weighted by molar-refractivity contribution is 5.91. The Morgan fingerprint density at radius 2 is 0.526 bits per heavy atom. The van der Waals surface area contributed by atoms with Crippen molar-refractivity contribution >= 4 is 17.9 Å². The SMILES string of the molecule is C.C.C.O=C(O)c1c(F)c(F)c(F)c(F)c1F.O=C(OC1C=CC(OC(=O)c2c(F)c(F)c(F)c(F)c2F)C=C1)c1c(F)c(F)c(F)c(F)c1F.c1ccccc1. The van der Waals surface area contributed by atoms with E-state index in [1.165, 1.54) is 0 Å². The van der Waals surface area contributed by atoms with Crippen molar-refractivity contribution in [3.63, 3.8) is 0 Å². The van der Waals surface area contributed by atoms with Crippen molar-refractivity contribution in [2.45, 2.75) is 34.5 Å². The van der Waals surface area contributed by atoms with Gasteiger partial charge in [0, 0.05) is 0 Å². The van der Waals surface area contributed by atoms with Gasteiger partial charge in [-0.1, -0.05) is 58.7 Å². The van der Waals surface area contributed by atoms with E-state index in [1.54, 1.807) is 0 Å². The van der Waals surface area contributed by atoms with Crippen LogP contribution in [0.5, 0.6) is 0 Å². The van der Waals surface area contributed by atoms with E-state index in [2.05, 4.69) is 9.47 Å². The number of hydrogen-bond acceptors (Lipinski definition) is 5. The van der Waals surface area contributed by atoms with Gasteiger partial charge in [-0.05, 0) is 24.3 Å². The Balaban J connectivity index is 0.00000112. The maximum absolute atomic E-state index is 13.7. The average Bonchev–Trinajstić information content (AvgIpc) is 3.15. The van der Waals surface area contributed by atoms with E-state index in [0.717, 1.165) is 24.3 Å². The second kappa shape index (κ2) is 21.1. The molecule has 21 heteroatoms. The molecule has 0 saturated carbocycles. The summed E-state index contributed by atoms with van der Waals surface area (Å²) >= 11 is 0. The Morgan fingerprint density at radius 3 is 0.719 bits per heavy atom. The topological polar surface area (TPSA) is 89.9 Å². The Morgan fingerprint density at radius 1 is 0.351 bits per heavy atom. The number of rotatable bonds is 5. The monoisotopic (exact) mass is 838 g/mol. The fourth-order valence-corrected chi connectivity index (χ4v) is 3.83. The van der Waals surface area contributed by atoms with Gasteiger partial charge in [-0.3, -0.25) is 0 Å². The van der Waals surface area contributed by atoms with Gasteiger partial charge < -0.3 is 14.6 Å². The lowest BCUT2D eigenvalue weighted by atomic mass is 10.1. The van der Waals surface area contributed by atoms with Crippen molar-refractivity contribution in [3.8, 4) is 0 Å². The summed E-state index contributed by atoms with van der Waals surface area (Å²) in [5.41, 5.74) is -5.61. The van der Waals surface area contributed by atoms with Gasteiger partial charge in [0.25, 0.3) is 0 Å². The van der Waals surface area contributed by atoms with Crippen molar-refractivity contribution in [1.29, 1.82) is 0 Å². The predicted molar refractivity (Wildman–Crippen MR) is 169 cm³/mol. The van der Waals surface area contributed by atoms with Crippen LogP contribution in [0.4, 0.5) is 65.9 Å². The van der Waals surface area contributed by atoms with E-state index < -0.39 is 134 Å². The quantitative estimate of drug-likeness (QED) is 0.0708. The minimum atomic E-state index is -2.50. The molecule has 310 valence electrons. The number of ether oxygens (including phenoxy) is 2. The Bertz CT molecular complexity index is 1950. The normalized spacial score (nSPS) is 13.6. The zero-order valence-corrected chi connectivity index (χ0v) is 25.6. The van der Waals surface area contributed by atoms with Crippen molar-refractivity contribution in [2.75, 3.05) is 0 Å². The van der Waals surface area contributed by atoms with Crippen LogP contribution >= 0.6 is 0 Å². The minimum absolute atomic E-state index is 0. The van der Waals surface area contributed by atoms with Gasteiger partial charge in [0.1, 0.15) is 28.9 Å². The van der Waals surface area contributed by atoms with Crippen LogP contribution in [0.3, 0.4) is 0 Å². The highest BCUT2D eigenvalue weighted by Gasteiger charge is 2.34. The van der Waals surface area contributed by atoms with Crippen molar-refractivity contribution < 1.29 is 94.8 Å². The molecule has 5 rings (SSSR count). The van der Waals surface area contributed by atoms with E-state index in [4.69, 9.17) is 5.11 Å². The average molecular weight is 839 g/mol. The largest absolute Gasteiger partial charge is 0.477 e. The van der Waals surface area contributed by atoms with Crippen molar-refractivity contribution in [2.24, 2.45) is 0 Å². The van der Waals surface area contributed by atoms with E-state index in [-0.39, 0.29) is 22.3 Å². The maximum Gasteiger partial charge on any atom is 0.345 e. The molecule has 1 aliphatic rings. The van der Waals surface area contributed by atoms with Gasteiger partial charge in [0.15, 0.2) is 69.8 Å². The van der Waals surface area contributed by atoms with Crippen LogP contribution in [-0.2, 0) is 9.47 Å². The maximum atomic E-state index is 13.7. The summed E-state index contributed by atoms with van der Waals surface area (Å²) in [7, 11) is 0. The summed E-state index contributed by atoms with van der Waals surface area (Å²) in [6.07, 6.45) is 0.458. The molecular formula is C36H25F15O6. The van der Waals surface area contributed by atoms with Gasteiger partial charge in [-0.2, -0.15) is 0 Å². The molecule has 0 fully saturated rings. The summed E-state index contributed by atoms with van der Waals surface area (Å²) < 4.78 is 205. The second-order valence-corrected chi connectivity index (χ2v) is 9.80. The minimum Gasteiger partial charge on any atom is -0.477 e. The molecule has 1 N–H and O–H groups in total. The van der Waals surface area contributed by atoms with E-state index >= 15 is 0 Å². The number of hydrogen-bond donors (Lipinski definition) is 1. The molecule has 1 aliphatic carbocycles. The van der Waals surface area contributed by atoms with Gasteiger partial charge in [0.05, 0.1) is 0 Å². The lowest BCUT2D eigenvalue weighted by Crippen LogP contribution is -2.24. The number of carboxylic acid groups (broad SMARTS) is 1. The Labute approximate surface area is 312 Å². The molecule has 0 atom stereocenters. The third-order valence-electron chi connectivity index (χ3n) is 6.39. The number of halogens is 15. The fourth-order valence-electron chi connectivity index (χ4n) is 3.83. The number of carbonyl (C=O) groups excluding carboxylic acids is 2. The van der Waals surface area contributed by atoms with Crippen LogP contribution in [0.25, 0.3) is 0 Å². The molecular weight excluding hydrogens is 813 g/mol. The molecule has 4 aromatic rings. The van der Waals surface area contributed by atoms with Crippen LogP contribution < -0.4 is 0 Å². The van der Waals surface area contributed by atoms with Crippen molar-refractivity contribution in [3.05, 3.63) is 165 Å². The van der Waals surface area contributed by atoms with Gasteiger partial charge in [0.2, 0.25) is 17.5 Å². The first-order valence-electron chi connectivity index (χ1n) is 13.8. The molecule has 0 spiro atoms. The van der Waals surface area contributed by atoms with Gasteiger partial charge in [-0.15, -0.1) is 0 Å². The molecule has 0 heterocycles. The highest BCUT2D eigenvalue weighted by atomic mass is 19.2. The second-order valence-electron chi connectivity index (χ2n) is 9.80. The van der Waals surface area contributed by atoms with Crippen LogP contribution in [0.1, 0.15) is 53.4 Å². The highest BCUT2D eigenvalue weighted by Crippen LogP contribution is 2.27. The number of carbonyl (C=O) groups is 3. The molecule has 6 nitrogen and oxygen atoms in total. The number of benzene rings is 4. The van der Waals surface area contributed by atoms with Gasteiger partial charge >= 0.3 is 17.9 Å². The lowest BCUT2D eigenvalue weighted by molar-refractivity contribution is 0.0392. The molecule has 0 bridgehead atoms. The van der Waals surface area contributed by atoms with E-state index in [0.29, 0.717) is 0 Å². The molecule has 0 saturated heterocycles. The van der Waals surface area contributed by atoms with Crippen LogP contribution in [0.2, 0.25) is 0 Å². The molecule has 57 heavy (non-hydrogen) atoms. The summed E-state index contributed by atoms with van der Waals surface area (Å²) in [5.74, 6) is -42.1. The Hall–Kier alpha value is -6.28. The number of esters is 2. The van der Waals surface area contributed by atoms with E-state index in [9.17, 15) is 80.2 Å². The molecule has 4 aromatic carbocycles. The summed E-state index contributed by atoms with van der Waals surface area (Å²) in [4.78, 5) is 33.9. The first-order valence-corrected chi connectivity index (χ1v) is 13.8. The summed E-state index contributed by atoms with van der Waals surface area (Å²) in [5, 5.41) is 8.15. The molecule has 0 unspecified atom stereocenters. The van der Waals surface area contributed by atoms with Crippen LogP contribution in [0.15, 0.2) is 60.7 Å². The van der Waals surface area contributed by atoms with Crippen LogP contribution in [0, 0.1) is 87.3 Å². The van der Waals surface area contributed by atoms with Crippen LogP contribution in [-0.4, -0.2) is 35.2 Å². The predicted octanol–water partition coefficient (Wildman–Crippen LogP) is 10.6. The first kappa shape index (κ1) is 50.7. The Kier molecular flexibility index (Phi) is 18.8. The molecule has 0 aromatic heterocycles. The molecule has 0 amide bonds. The standard InChI is InChI=1S/C20H6F10O4.C7HF5O2.C6H6.3CH4/c21-9-7(10(22)14(26)17(29)13(9)25)19(31)33-5-1-2-6(4-3-5)34-20(32)8-11(23)15(27)18(30)16(28)12(8)24;8-2-1(7(13)14)3(9)5(11)6(12)4(2)10;1-2-4-6-5-3-1;;;/h1-6H;(H,13,14);1-6H;3*1H4. The smallest absolute Gasteiger partial charge is 0.345 e. The third kappa shape index (κ3) is 10.9. The zero-order chi connectivity index (χ0) is 40.8. The number of carboxylic acids is 1. The summed E-state index contributed by atoms with van der Waals surface area (Å²) in [6, 6.07) is 12.0. The summed E-state index contributed by atoms with van der Waals surface area (Å²) in [6.45, 7) is 0. The first-order chi connectivity index (χ1) is 25.2. The molecule has 0 aliphatic heterocycles. The zero-order valence-electron chi connectivity index (χ0n) is 25.6. The van der Waals surface area contributed by atoms with Crippen molar-refractivity contribution in [1.82, 2.24) is 0 Å². The number of aromatic carboxylic acids is 1. The van der Waals surface area contributed by atoms with E-state index in [1.807, 2.05) is 36.4 Å². The molecule has 0 radical (unpaired) electrons. The lowest BCUT2D eigenvalue weighted by Gasteiger charge is -2.18.